The average molecular weight is 239 g/mol. The van der Waals surface area contributed by atoms with Crippen LogP contribution in [0.1, 0.15) is 44.9 Å². The number of rotatable bonds is 1. The monoisotopic (exact) mass is 239 g/mol. The minimum absolute atomic E-state index is 0.296. The van der Waals surface area contributed by atoms with E-state index >= 15 is 0 Å². The highest BCUT2D eigenvalue weighted by molar-refractivity contribution is 5.77. The molecule has 96 valence electrons. The number of nitrogens with zero attached hydrogens (tertiary/aromatic N) is 1. The molecule has 0 aromatic heterocycles. The molecule has 0 aromatic carbocycles. The standard InChI is InChI=1S/C13H21NO3/c15-12-3-1-2-8-14(12)11-4-6-13(7-5-11)16-9-10-17-13/h11H,1-10H2. The zero-order chi connectivity index (χ0) is 11.7. The lowest BCUT2D eigenvalue weighted by molar-refractivity contribution is -0.185. The molecule has 2 heterocycles. The number of likely N-dealkylation sites (tertiary alicyclic amines) is 1. The van der Waals surface area contributed by atoms with E-state index in [-0.39, 0.29) is 5.79 Å². The van der Waals surface area contributed by atoms with Crippen molar-refractivity contribution in [2.24, 2.45) is 0 Å². The molecular formula is C13H21NO3. The predicted molar refractivity (Wildman–Crippen MR) is 62.5 cm³/mol. The van der Waals surface area contributed by atoms with Gasteiger partial charge in [0.2, 0.25) is 5.91 Å². The first-order chi connectivity index (χ1) is 8.29. The Kier molecular flexibility index (Phi) is 3.09. The van der Waals surface area contributed by atoms with Crippen LogP contribution in [0.15, 0.2) is 0 Å². The van der Waals surface area contributed by atoms with Gasteiger partial charge in [-0.1, -0.05) is 0 Å². The van der Waals surface area contributed by atoms with Gasteiger partial charge in [-0.25, -0.2) is 0 Å². The summed E-state index contributed by atoms with van der Waals surface area (Å²) in [5.74, 6) is 0.0560. The summed E-state index contributed by atoms with van der Waals surface area (Å²) in [7, 11) is 0. The van der Waals surface area contributed by atoms with Gasteiger partial charge in [0.1, 0.15) is 0 Å². The van der Waals surface area contributed by atoms with E-state index in [4.69, 9.17) is 9.47 Å². The Hall–Kier alpha value is -0.610. The molecule has 17 heavy (non-hydrogen) atoms. The number of hydrogen-bond acceptors (Lipinski definition) is 3. The molecule has 0 bridgehead atoms. The maximum absolute atomic E-state index is 11.9. The van der Waals surface area contributed by atoms with E-state index in [0.717, 1.165) is 58.3 Å². The maximum atomic E-state index is 11.9. The number of amides is 1. The Morgan fingerprint density at radius 1 is 1.12 bits per heavy atom. The predicted octanol–water partition coefficient (Wildman–Crippen LogP) is 1.68. The molecule has 0 N–H and O–H groups in total. The van der Waals surface area contributed by atoms with Crippen LogP contribution < -0.4 is 0 Å². The van der Waals surface area contributed by atoms with Crippen molar-refractivity contribution >= 4 is 5.91 Å². The van der Waals surface area contributed by atoms with Gasteiger partial charge in [0, 0.05) is 31.8 Å². The number of carbonyl (C=O) groups is 1. The SMILES string of the molecule is O=C1CCCCN1C1CCC2(CC1)OCCO2. The minimum atomic E-state index is -0.296. The van der Waals surface area contributed by atoms with E-state index in [1.807, 2.05) is 0 Å². The van der Waals surface area contributed by atoms with Gasteiger partial charge in [0.15, 0.2) is 5.79 Å². The van der Waals surface area contributed by atoms with E-state index in [1.54, 1.807) is 0 Å². The fourth-order valence-electron chi connectivity index (χ4n) is 3.35. The van der Waals surface area contributed by atoms with Crippen LogP contribution in [0.3, 0.4) is 0 Å². The Balaban J connectivity index is 1.58. The summed E-state index contributed by atoms with van der Waals surface area (Å²) < 4.78 is 11.4. The Morgan fingerprint density at radius 2 is 1.82 bits per heavy atom. The van der Waals surface area contributed by atoms with Crippen molar-refractivity contribution in [3.8, 4) is 0 Å². The molecule has 3 aliphatic rings. The van der Waals surface area contributed by atoms with Gasteiger partial charge in [0.25, 0.3) is 0 Å². The largest absolute Gasteiger partial charge is 0.348 e. The van der Waals surface area contributed by atoms with Crippen molar-refractivity contribution < 1.29 is 14.3 Å². The molecule has 0 unspecified atom stereocenters. The number of hydrogen-bond donors (Lipinski definition) is 0. The number of carbonyl (C=O) groups excluding carboxylic acids is 1. The third kappa shape index (κ3) is 2.20. The number of piperidine rings is 1. The third-order valence-electron chi connectivity index (χ3n) is 4.33. The summed E-state index contributed by atoms with van der Waals surface area (Å²) >= 11 is 0. The zero-order valence-corrected chi connectivity index (χ0v) is 10.3. The molecule has 0 atom stereocenters. The van der Waals surface area contributed by atoms with Crippen molar-refractivity contribution in [2.45, 2.75) is 56.8 Å². The molecule has 3 rings (SSSR count). The molecule has 4 heteroatoms. The van der Waals surface area contributed by atoms with Gasteiger partial charge in [-0.15, -0.1) is 0 Å². The summed E-state index contributed by atoms with van der Waals surface area (Å²) in [5, 5.41) is 0. The van der Waals surface area contributed by atoms with Gasteiger partial charge in [-0.05, 0) is 25.7 Å². The van der Waals surface area contributed by atoms with Crippen molar-refractivity contribution in [2.75, 3.05) is 19.8 Å². The fraction of sp³-hybridized carbons (Fsp3) is 0.923. The molecule has 3 fully saturated rings. The van der Waals surface area contributed by atoms with Crippen molar-refractivity contribution in [3.63, 3.8) is 0 Å². The van der Waals surface area contributed by atoms with Gasteiger partial charge in [-0.3, -0.25) is 4.79 Å². The van der Waals surface area contributed by atoms with E-state index in [9.17, 15) is 4.79 Å². The zero-order valence-electron chi connectivity index (χ0n) is 10.3. The molecule has 1 spiro atoms. The molecule has 1 amide bonds. The Labute approximate surface area is 102 Å². The lowest BCUT2D eigenvalue weighted by Gasteiger charge is -2.41. The van der Waals surface area contributed by atoms with Gasteiger partial charge < -0.3 is 14.4 Å². The van der Waals surface area contributed by atoms with Crippen molar-refractivity contribution in [1.82, 2.24) is 4.90 Å². The highest BCUT2D eigenvalue weighted by atomic mass is 16.7. The number of ether oxygens (including phenoxy) is 2. The van der Waals surface area contributed by atoms with Crippen LogP contribution >= 0.6 is 0 Å². The van der Waals surface area contributed by atoms with Crippen LogP contribution in [0.4, 0.5) is 0 Å². The second kappa shape index (κ2) is 4.58. The molecule has 0 aromatic rings. The summed E-state index contributed by atoms with van der Waals surface area (Å²) in [6.07, 6.45) is 6.94. The lowest BCUT2D eigenvalue weighted by atomic mass is 9.88. The van der Waals surface area contributed by atoms with Crippen molar-refractivity contribution in [3.05, 3.63) is 0 Å². The molecule has 1 aliphatic carbocycles. The Morgan fingerprint density at radius 3 is 2.47 bits per heavy atom. The summed E-state index contributed by atoms with van der Waals surface area (Å²) in [4.78, 5) is 14.0. The smallest absolute Gasteiger partial charge is 0.222 e. The summed E-state index contributed by atoms with van der Waals surface area (Å²) in [5.41, 5.74) is 0. The Bertz CT molecular complexity index is 289. The molecule has 2 aliphatic heterocycles. The van der Waals surface area contributed by atoms with E-state index in [2.05, 4.69) is 4.90 Å². The molecule has 0 radical (unpaired) electrons. The topological polar surface area (TPSA) is 38.8 Å². The lowest BCUT2D eigenvalue weighted by Crippen LogP contribution is -2.48. The minimum Gasteiger partial charge on any atom is -0.348 e. The molecule has 2 saturated heterocycles. The van der Waals surface area contributed by atoms with Crippen LogP contribution in [0.5, 0.6) is 0 Å². The van der Waals surface area contributed by atoms with Gasteiger partial charge in [-0.2, -0.15) is 0 Å². The van der Waals surface area contributed by atoms with Crippen LogP contribution in [0, 0.1) is 0 Å². The summed E-state index contributed by atoms with van der Waals surface area (Å²) in [6.45, 7) is 2.42. The molecular weight excluding hydrogens is 218 g/mol. The van der Waals surface area contributed by atoms with Crippen molar-refractivity contribution in [1.29, 1.82) is 0 Å². The van der Waals surface area contributed by atoms with Crippen LogP contribution in [-0.2, 0) is 14.3 Å². The quantitative estimate of drug-likeness (QED) is 0.699. The van der Waals surface area contributed by atoms with E-state index < -0.39 is 0 Å². The highest BCUT2D eigenvalue weighted by Gasteiger charge is 2.42. The highest BCUT2D eigenvalue weighted by Crippen LogP contribution is 2.37. The first-order valence-corrected chi connectivity index (χ1v) is 6.86. The van der Waals surface area contributed by atoms with Crippen LogP contribution in [-0.4, -0.2) is 42.4 Å². The molecule has 4 nitrogen and oxygen atoms in total. The van der Waals surface area contributed by atoms with Gasteiger partial charge in [0.05, 0.1) is 13.2 Å². The first-order valence-electron chi connectivity index (χ1n) is 6.86. The van der Waals surface area contributed by atoms with Crippen LogP contribution in [0.2, 0.25) is 0 Å². The molecule has 1 saturated carbocycles. The second-order valence-electron chi connectivity index (χ2n) is 5.38. The second-order valence-corrected chi connectivity index (χ2v) is 5.38. The summed E-state index contributed by atoms with van der Waals surface area (Å²) in [6, 6.07) is 0.432. The van der Waals surface area contributed by atoms with Crippen LogP contribution in [0.25, 0.3) is 0 Å². The van der Waals surface area contributed by atoms with Gasteiger partial charge >= 0.3 is 0 Å². The third-order valence-corrected chi connectivity index (χ3v) is 4.33. The first kappa shape index (κ1) is 11.5. The van der Waals surface area contributed by atoms with E-state index in [1.165, 1.54) is 6.42 Å². The van der Waals surface area contributed by atoms with E-state index in [0.29, 0.717) is 11.9 Å². The maximum Gasteiger partial charge on any atom is 0.222 e. The fourth-order valence-corrected chi connectivity index (χ4v) is 3.35. The normalized spacial score (nSPS) is 30.1. The average Bonchev–Trinajstić information content (AvgIpc) is 2.80.